The molecule has 0 aromatic rings. The number of aliphatic hydroxyl groups excluding tert-OH is 1. The minimum atomic E-state index is -0.301. The number of carbonyl (C=O) groups excluding carboxylic acids is 1. The van der Waals surface area contributed by atoms with Gasteiger partial charge in [-0.1, -0.05) is 38.8 Å². The molecular formula is C20H30O2. The number of rotatable bonds is 0. The zero-order chi connectivity index (χ0) is 15.9. The maximum atomic E-state index is 12.9. The van der Waals surface area contributed by atoms with Crippen molar-refractivity contribution in [1.29, 1.82) is 0 Å². The van der Waals surface area contributed by atoms with Crippen molar-refractivity contribution in [3.63, 3.8) is 0 Å². The minimum absolute atomic E-state index is 0.0720. The molecular weight excluding hydrogens is 272 g/mol. The van der Waals surface area contributed by atoms with Crippen LogP contribution < -0.4 is 0 Å². The number of allylic oxidation sites excluding steroid dienone is 2. The Bertz CT molecular complexity index is 550. The van der Waals surface area contributed by atoms with E-state index in [1.165, 1.54) is 18.4 Å². The van der Waals surface area contributed by atoms with Gasteiger partial charge in [-0.05, 0) is 55.3 Å². The number of aliphatic hydroxyl groups is 1. The standard InChI is InChI=1S/C20H30O2/c1-11-5-7-13-9-16(22)19(3)10-15(21)17-12(2)6-8-14(11)20(13,4)18(17)19/h6,11,13-14,16-18,22H,5,7-10H2,1-4H3/t11-,13+,14+,16+,17?,18+,19+,20+/m0/s1. The summed E-state index contributed by atoms with van der Waals surface area (Å²) in [5.41, 5.74) is 1.30. The molecule has 3 fully saturated rings. The molecule has 3 saturated carbocycles. The average molecular weight is 302 g/mol. The van der Waals surface area contributed by atoms with Gasteiger partial charge in [0.25, 0.3) is 0 Å². The van der Waals surface area contributed by atoms with Crippen molar-refractivity contribution in [2.45, 2.75) is 65.9 Å². The van der Waals surface area contributed by atoms with Gasteiger partial charge in [0.1, 0.15) is 5.78 Å². The zero-order valence-electron chi connectivity index (χ0n) is 14.4. The molecule has 0 heterocycles. The van der Waals surface area contributed by atoms with E-state index >= 15 is 0 Å². The molecule has 8 atom stereocenters. The van der Waals surface area contributed by atoms with E-state index in [-0.39, 0.29) is 22.9 Å². The highest BCUT2D eigenvalue weighted by Gasteiger charge is 2.68. The van der Waals surface area contributed by atoms with E-state index in [1.807, 2.05) is 0 Å². The summed E-state index contributed by atoms with van der Waals surface area (Å²) in [5, 5.41) is 10.9. The van der Waals surface area contributed by atoms with Gasteiger partial charge in [0.15, 0.2) is 0 Å². The molecule has 4 rings (SSSR count). The van der Waals surface area contributed by atoms with E-state index in [1.54, 1.807) is 0 Å². The quantitative estimate of drug-likeness (QED) is 0.687. The maximum Gasteiger partial charge on any atom is 0.140 e. The van der Waals surface area contributed by atoms with Crippen molar-refractivity contribution in [2.75, 3.05) is 0 Å². The van der Waals surface area contributed by atoms with E-state index in [9.17, 15) is 9.90 Å². The van der Waals surface area contributed by atoms with E-state index in [4.69, 9.17) is 0 Å². The lowest BCUT2D eigenvalue weighted by atomic mass is 9.42. The van der Waals surface area contributed by atoms with Gasteiger partial charge in [-0.2, -0.15) is 0 Å². The predicted octanol–water partition coefficient (Wildman–Crippen LogP) is 3.98. The molecule has 0 spiro atoms. The highest BCUT2D eigenvalue weighted by molar-refractivity contribution is 5.87. The van der Waals surface area contributed by atoms with Crippen molar-refractivity contribution in [2.24, 2.45) is 40.4 Å². The Kier molecular flexibility index (Phi) is 3.03. The SMILES string of the molecule is CC1=CC[C@@H]2[C@@H](C)CC[C@@H]3C[C@@H](O)[C@@]4(C)CC(=O)C1[C@H]4[C@]32C. The Hall–Kier alpha value is -0.630. The van der Waals surface area contributed by atoms with Gasteiger partial charge in [-0.3, -0.25) is 4.79 Å². The molecule has 4 aliphatic rings. The lowest BCUT2D eigenvalue weighted by molar-refractivity contribution is -0.176. The molecule has 0 bridgehead atoms. The molecule has 122 valence electrons. The first-order valence-corrected chi connectivity index (χ1v) is 9.17. The second-order valence-electron chi connectivity index (χ2n) is 9.26. The van der Waals surface area contributed by atoms with Crippen LogP contribution in [-0.2, 0) is 4.79 Å². The van der Waals surface area contributed by atoms with E-state index < -0.39 is 0 Å². The van der Waals surface area contributed by atoms with Crippen LogP contribution in [0.3, 0.4) is 0 Å². The van der Waals surface area contributed by atoms with Gasteiger partial charge in [0.05, 0.1) is 6.10 Å². The molecule has 0 saturated heterocycles. The lowest BCUT2D eigenvalue weighted by Gasteiger charge is -2.62. The summed E-state index contributed by atoms with van der Waals surface area (Å²) in [6, 6.07) is 0. The summed E-state index contributed by atoms with van der Waals surface area (Å²) in [6.45, 7) is 9.26. The monoisotopic (exact) mass is 302 g/mol. The predicted molar refractivity (Wildman–Crippen MR) is 87.2 cm³/mol. The molecule has 0 radical (unpaired) electrons. The minimum Gasteiger partial charge on any atom is -0.393 e. The molecule has 22 heavy (non-hydrogen) atoms. The number of hydrogen-bond donors (Lipinski definition) is 1. The summed E-state index contributed by atoms with van der Waals surface area (Å²) >= 11 is 0. The molecule has 2 heteroatoms. The first kappa shape index (κ1) is 14.9. The topological polar surface area (TPSA) is 37.3 Å². The summed E-state index contributed by atoms with van der Waals surface area (Å²) in [5.74, 6) is 2.80. The third-order valence-corrected chi connectivity index (χ3v) is 8.41. The number of hydrogen-bond acceptors (Lipinski definition) is 2. The summed E-state index contributed by atoms with van der Waals surface area (Å²) in [4.78, 5) is 12.9. The van der Waals surface area contributed by atoms with Crippen LogP contribution in [0.25, 0.3) is 0 Å². The maximum absolute atomic E-state index is 12.9. The van der Waals surface area contributed by atoms with Gasteiger partial charge in [0.2, 0.25) is 0 Å². The molecule has 1 N–H and O–H groups in total. The van der Waals surface area contributed by atoms with Crippen LogP contribution in [0.4, 0.5) is 0 Å². The first-order valence-electron chi connectivity index (χ1n) is 9.17. The molecule has 0 aromatic carbocycles. The molecule has 2 nitrogen and oxygen atoms in total. The third kappa shape index (κ3) is 1.58. The van der Waals surface area contributed by atoms with Gasteiger partial charge >= 0.3 is 0 Å². The highest BCUT2D eigenvalue weighted by atomic mass is 16.3. The van der Waals surface area contributed by atoms with Crippen molar-refractivity contribution < 1.29 is 9.90 Å². The zero-order valence-corrected chi connectivity index (χ0v) is 14.4. The van der Waals surface area contributed by atoms with Gasteiger partial charge in [-0.25, -0.2) is 0 Å². The highest BCUT2D eigenvalue weighted by Crippen LogP contribution is 2.70. The third-order valence-electron chi connectivity index (χ3n) is 8.41. The van der Waals surface area contributed by atoms with Crippen molar-refractivity contribution in [3.05, 3.63) is 11.6 Å². The molecule has 0 amide bonds. The molecule has 0 aliphatic heterocycles. The summed E-state index contributed by atoms with van der Waals surface area (Å²) in [6.07, 6.45) is 7.21. The smallest absolute Gasteiger partial charge is 0.140 e. The Labute approximate surface area is 134 Å². The van der Waals surface area contributed by atoms with Crippen LogP contribution in [0.2, 0.25) is 0 Å². The van der Waals surface area contributed by atoms with E-state index in [0.717, 1.165) is 18.8 Å². The van der Waals surface area contributed by atoms with E-state index in [2.05, 4.69) is 33.8 Å². The van der Waals surface area contributed by atoms with Crippen molar-refractivity contribution >= 4 is 5.78 Å². The summed E-state index contributed by atoms with van der Waals surface area (Å²) < 4.78 is 0. The molecule has 4 aliphatic carbocycles. The number of ketones is 1. The fraction of sp³-hybridized carbons (Fsp3) is 0.850. The van der Waals surface area contributed by atoms with E-state index in [0.29, 0.717) is 30.0 Å². The molecule has 1 unspecified atom stereocenters. The van der Waals surface area contributed by atoms with Crippen molar-refractivity contribution in [1.82, 2.24) is 0 Å². The number of Topliss-reactive ketones (excluding diaryl/α,β-unsaturated/α-hetero) is 1. The van der Waals surface area contributed by atoms with Crippen LogP contribution in [-0.4, -0.2) is 17.0 Å². The fourth-order valence-corrected chi connectivity index (χ4v) is 7.29. The number of carbonyl (C=O) groups is 1. The Morgan fingerprint density at radius 1 is 1.27 bits per heavy atom. The molecule has 0 aromatic heterocycles. The summed E-state index contributed by atoms with van der Waals surface area (Å²) in [7, 11) is 0. The Balaban J connectivity index is 1.93. The van der Waals surface area contributed by atoms with Crippen LogP contribution in [0.5, 0.6) is 0 Å². The second kappa shape index (κ2) is 4.47. The largest absolute Gasteiger partial charge is 0.393 e. The van der Waals surface area contributed by atoms with Crippen LogP contribution in [0.15, 0.2) is 11.6 Å². The average Bonchev–Trinajstić information content (AvgIpc) is 2.65. The Morgan fingerprint density at radius 2 is 2.00 bits per heavy atom. The fourth-order valence-electron chi connectivity index (χ4n) is 7.29. The Morgan fingerprint density at radius 3 is 2.73 bits per heavy atom. The second-order valence-corrected chi connectivity index (χ2v) is 9.26. The van der Waals surface area contributed by atoms with Gasteiger partial charge in [-0.15, -0.1) is 0 Å². The van der Waals surface area contributed by atoms with Crippen LogP contribution >= 0.6 is 0 Å². The van der Waals surface area contributed by atoms with Crippen LogP contribution in [0.1, 0.15) is 59.8 Å². The van der Waals surface area contributed by atoms with Crippen LogP contribution in [0, 0.1) is 40.4 Å². The van der Waals surface area contributed by atoms with Gasteiger partial charge < -0.3 is 5.11 Å². The van der Waals surface area contributed by atoms with Crippen molar-refractivity contribution in [3.8, 4) is 0 Å². The lowest BCUT2D eigenvalue weighted by Crippen LogP contribution is -2.59. The van der Waals surface area contributed by atoms with Gasteiger partial charge in [0, 0.05) is 17.8 Å². The first-order chi connectivity index (χ1) is 10.3. The normalized spacial score (nSPS) is 57.1.